The maximum Gasteiger partial charge on any atom is 0.433 e. The van der Waals surface area contributed by atoms with E-state index in [0.717, 1.165) is 17.8 Å². The van der Waals surface area contributed by atoms with E-state index in [0.29, 0.717) is 25.9 Å². The third kappa shape index (κ3) is 4.49. The third-order valence-corrected chi connectivity index (χ3v) is 4.00. The highest BCUT2D eigenvalue weighted by Gasteiger charge is 2.34. The van der Waals surface area contributed by atoms with Gasteiger partial charge in [0.25, 0.3) is 0 Å². The number of amides is 1. The molecule has 7 heteroatoms. The van der Waals surface area contributed by atoms with Crippen molar-refractivity contribution in [2.75, 3.05) is 13.1 Å². The number of hydrogen-bond donors (Lipinski definition) is 0. The summed E-state index contributed by atoms with van der Waals surface area (Å²) in [7, 11) is 0. The maximum absolute atomic E-state index is 12.6. The number of alkyl halides is 3. The van der Waals surface area contributed by atoms with E-state index in [4.69, 9.17) is 4.74 Å². The Morgan fingerprint density at radius 1 is 1.20 bits per heavy atom. The molecular weight excluding hydrogens is 333 g/mol. The summed E-state index contributed by atoms with van der Waals surface area (Å²) in [6.45, 7) is 0.772. The maximum atomic E-state index is 12.6. The molecular formula is C18H17F3N2O2. The Morgan fingerprint density at radius 2 is 1.92 bits per heavy atom. The first-order chi connectivity index (χ1) is 11.9. The van der Waals surface area contributed by atoms with Crippen molar-refractivity contribution in [1.29, 1.82) is 0 Å². The summed E-state index contributed by atoms with van der Waals surface area (Å²) in [5.41, 5.74) is 0.112. The van der Waals surface area contributed by atoms with Gasteiger partial charge in [0.1, 0.15) is 17.5 Å². The standard InChI is InChI=1S/C18H17F3N2O2/c19-18(20,21)16-10-14(8-9-22-16)25-15-11-23(12-15)17(24)7-6-13-4-2-1-3-5-13/h1-5,8-10,15H,6-7,11-12H2. The molecule has 3 rings (SSSR count). The molecule has 2 aromatic rings. The fourth-order valence-corrected chi connectivity index (χ4v) is 2.60. The van der Waals surface area contributed by atoms with Crippen LogP contribution in [0, 0.1) is 0 Å². The van der Waals surface area contributed by atoms with Gasteiger partial charge in [-0.15, -0.1) is 0 Å². The van der Waals surface area contributed by atoms with Crippen LogP contribution in [-0.2, 0) is 17.4 Å². The monoisotopic (exact) mass is 350 g/mol. The second-order valence-corrected chi connectivity index (χ2v) is 5.90. The summed E-state index contributed by atoms with van der Waals surface area (Å²) >= 11 is 0. The number of benzene rings is 1. The fourth-order valence-electron chi connectivity index (χ4n) is 2.60. The minimum atomic E-state index is -4.50. The van der Waals surface area contributed by atoms with E-state index < -0.39 is 11.9 Å². The molecule has 25 heavy (non-hydrogen) atoms. The van der Waals surface area contributed by atoms with Crippen LogP contribution < -0.4 is 4.74 Å². The van der Waals surface area contributed by atoms with E-state index in [1.54, 1.807) is 4.90 Å². The van der Waals surface area contributed by atoms with Gasteiger partial charge in [-0.1, -0.05) is 30.3 Å². The number of nitrogens with zero attached hydrogens (tertiary/aromatic N) is 2. The van der Waals surface area contributed by atoms with Crippen LogP contribution in [0.5, 0.6) is 5.75 Å². The molecule has 0 bridgehead atoms. The van der Waals surface area contributed by atoms with Crippen molar-refractivity contribution < 1.29 is 22.7 Å². The Labute approximate surface area is 143 Å². The summed E-state index contributed by atoms with van der Waals surface area (Å²) in [6.07, 6.45) is -2.65. The van der Waals surface area contributed by atoms with Crippen molar-refractivity contribution >= 4 is 5.91 Å². The number of aryl methyl sites for hydroxylation is 1. The fraction of sp³-hybridized carbons (Fsp3) is 0.333. The van der Waals surface area contributed by atoms with E-state index in [1.807, 2.05) is 30.3 Å². The number of pyridine rings is 1. The van der Waals surface area contributed by atoms with Crippen molar-refractivity contribution in [3.63, 3.8) is 0 Å². The first kappa shape index (κ1) is 17.3. The molecule has 2 heterocycles. The Balaban J connectivity index is 1.46. The van der Waals surface area contributed by atoms with E-state index in [-0.39, 0.29) is 17.8 Å². The number of carbonyl (C=O) groups is 1. The SMILES string of the molecule is O=C(CCc1ccccc1)N1CC(Oc2ccnc(C(F)(F)F)c2)C1. The van der Waals surface area contributed by atoms with Crippen LogP contribution in [-0.4, -0.2) is 35.0 Å². The Bertz CT molecular complexity index is 729. The topological polar surface area (TPSA) is 42.4 Å². The average molecular weight is 350 g/mol. The molecule has 0 aliphatic carbocycles. The Morgan fingerprint density at radius 3 is 2.60 bits per heavy atom. The number of ether oxygens (including phenoxy) is 1. The minimum absolute atomic E-state index is 0.0226. The predicted molar refractivity (Wildman–Crippen MR) is 85.0 cm³/mol. The molecule has 0 N–H and O–H groups in total. The normalized spacial score (nSPS) is 14.9. The van der Waals surface area contributed by atoms with Crippen LogP contribution in [0.25, 0.3) is 0 Å². The molecule has 1 aliphatic heterocycles. The number of carbonyl (C=O) groups excluding carboxylic acids is 1. The zero-order chi connectivity index (χ0) is 17.9. The first-order valence-corrected chi connectivity index (χ1v) is 7.93. The van der Waals surface area contributed by atoms with Crippen molar-refractivity contribution in [3.8, 4) is 5.75 Å². The average Bonchev–Trinajstić information content (AvgIpc) is 2.56. The second-order valence-electron chi connectivity index (χ2n) is 5.90. The molecule has 0 spiro atoms. The third-order valence-electron chi connectivity index (χ3n) is 4.00. The molecule has 0 atom stereocenters. The quantitative estimate of drug-likeness (QED) is 0.831. The summed E-state index contributed by atoms with van der Waals surface area (Å²) in [5, 5.41) is 0. The van der Waals surface area contributed by atoms with Gasteiger partial charge in [-0.3, -0.25) is 9.78 Å². The lowest BCUT2D eigenvalue weighted by Gasteiger charge is -2.39. The summed E-state index contributed by atoms with van der Waals surface area (Å²) in [6, 6.07) is 12.0. The van der Waals surface area contributed by atoms with Gasteiger partial charge in [-0.05, 0) is 18.1 Å². The highest BCUT2D eigenvalue weighted by molar-refractivity contribution is 5.77. The van der Waals surface area contributed by atoms with Gasteiger partial charge in [0, 0.05) is 18.7 Å². The van der Waals surface area contributed by atoms with Gasteiger partial charge in [-0.25, -0.2) is 0 Å². The zero-order valence-corrected chi connectivity index (χ0v) is 13.4. The second kappa shape index (κ2) is 7.13. The van der Waals surface area contributed by atoms with Gasteiger partial charge in [0.05, 0.1) is 13.1 Å². The van der Waals surface area contributed by atoms with Crippen LogP contribution >= 0.6 is 0 Å². The minimum Gasteiger partial charge on any atom is -0.487 e. The van der Waals surface area contributed by atoms with Gasteiger partial charge in [0.2, 0.25) is 5.91 Å². The largest absolute Gasteiger partial charge is 0.487 e. The molecule has 0 unspecified atom stereocenters. The number of halogens is 3. The van der Waals surface area contributed by atoms with Gasteiger partial charge >= 0.3 is 6.18 Å². The van der Waals surface area contributed by atoms with E-state index in [2.05, 4.69) is 4.98 Å². The van der Waals surface area contributed by atoms with E-state index in [9.17, 15) is 18.0 Å². The van der Waals surface area contributed by atoms with Crippen molar-refractivity contribution in [2.45, 2.75) is 25.1 Å². The molecule has 1 aromatic carbocycles. The molecule has 0 radical (unpaired) electrons. The molecule has 1 aromatic heterocycles. The van der Waals surface area contributed by atoms with E-state index in [1.165, 1.54) is 6.07 Å². The summed E-state index contributed by atoms with van der Waals surface area (Å²) in [4.78, 5) is 17.0. The number of aromatic nitrogens is 1. The molecule has 132 valence electrons. The number of likely N-dealkylation sites (tertiary alicyclic amines) is 1. The molecule has 1 saturated heterocycles. The number of hydrogen-bond acceptors (Lipinski definition) is 3. The van der Waals surface area contributed by atoms with E-state index >= 15 is 0 Å². The lowest BCUT2D eigenvalue weighted by atomic mass is 10.1. The van der Waals surface area contributed by atoms with Gasteiger partial charge in [0.15, 0.2) is 0 Å². The van der Waals surface area contributed by atoms with Gasteiger partial charge < -0.3 is 9.64 Å². The van der Waals surface area contributed by atoms with Crippen LogP contribution in [0.2, 0.25) is 0 Å². The van der Waals surface area contributed by atoms with Crippen molar-refractivity contribution in [2.24, 2.45) is 0 Å². The highest BCUT2D eigenvalue weighted by Crippen LogP contribution is 2.30. The summed E-state index contributed by atoms with van der Waals surface area (Å²) < 4.78 is 43.4. The highest BCUT2D eigenvalue weighted by atomic mass is 19.4. The van der Waals surface area contributed by atoms with Crippen LogP contribution in [0.3, 0.4) is 0 Å². The molecule has 4 nitrogen and oxygen atoms in total. The smallest absolute Gasteiger partial charge is 0.433 e. The van der Waals surface area contributed by atoms with Crippen molar-refractivity contribution in [1.82, 2.24) is 9.88 Å². The molecule has 1 fully saturated rings. The number of rotatable bonds is 5. The van der Waals surface area contributed by atoms with Crippen LogP contribution in [0.4, 0.5) is 13.2 Å². The Kier molecular flexibility index (Phi) is 4.92. The van der Waals surface area contributed by atoms with Crippen LogP contribution in [0.15, 0.2) is 48.7 Å². The molecule has 1 amide bonds. The summed E-state index contributed by atoms with van der Waals surface area (Å²) in [5.74, 6) is 0.137. The van der Waals surface area contributed by atoms with Crippen LogP contribution in [0.1, 0.15) is 17.7 Å². The zero-order valence-electron chi connectivity index (χ0n) is 13.4. The lowest BCUT2D eigenvalue weighted by molar-refractivity contribution is -0.141. The lowest BCUT2D eigenvalue weighted by Crippen LogP contribution is -2.56. The molecule has 1 aliphatic rings. The van der Waals surface area contributed by atoms with Gasteiger partial charge in [-0.2, -0.15) is 13.2 Å². The van der Waals surface area contributed by atoms with Crippen molar-refractivity contribution in [3.05, 3.63) is 59.9 Å². The Hall–Kier alpha value is -2.57. The first-order valence-electron chi connectivity index (χ1n) is 7.93. The predicted octanol–water partition coefficient (Wildman–Crippen LogP) is 3.32. The molecule has 0 saturated carbocycles.